The topological polar surface area (TPSA) is 53.5 Å². The highest BCUT2D eigenvalue weighted by Crippen LogP contribution is 2.25. The maximum atomic E-state index is 7.56. The van der Waals surface area contributed by atoms with Crippen LogP contribution in [0.15, 0.2) is 60.7 Å². The monoisotopic (exact) mass is 392 g/mol. The Hall–Kier alpha value is -2.12. The van der Waals surface area contributed by atoms with Crippen LogP contribution in [0.3, 0.4) is 0 Å². The second-order valence-electron chi connectivity index (χ2n) is 5.61. The predicted octanol–water partition coefficient (Wildman–Crippen LogP) is 3.94. The van der Waals surface area contributed by atoms with Gasteiger partial charge in [-0.05, 0) is 38.0 Å². The first-order valence-electron chi connectivity index (χ1n) is 11.1. The first kappa shape index (κ1) is 12.4. The van der Waals surface area contributed by atoms with Gasteiger partial charge in [-0.3, -0.25) is 0 Å². The highest BCUT2D eigenvalue weighted by atomic mass is 27.3. The van der Waals surface area contributed by atoms with Crippen LogP contribution in [0.4, 0.5) is 0 Å². The molecule has 0 spiro atoms. The quantitative estimate of drug-likeness (QED) is 0.368. The number of aromatic nitrogens is 2. The van der Waals surface area contributed by atoms with E-state index in [0.29, 0.717) is 22.5 Å². The SMILES string of the molecule is [2H]C([2H])([2H])c1ccc2cccc([O][Al][O][Al][O]c3cccc4ccc(C([2H])([2H])[2H])nc34)c2n1. The maximum absolute atomic E-state index is 7.56. The van der Waals surface area contributed by atoms with Crippen LogP contribution >= 0.6 is 0 Å². The lowest BCUT2D eigenvalue weighted by atomic mass is 10.2. The summed E-state index contributed by atoms with van der Waals surface area (Å²) in [4.78, 5) is 8.49. The molecule has 27 heavy (non-hydrogen) atoms. The zero-order valence-corrected chi connectivity index (χ0v) is 16.4. The number of nitrogens with zero attached hydrogens (tertiary/aromatic N) is 2. The number of benzene rings is 2. The Morgan fingerprint density at radius 1 is 0.704 bits per heavy atom. The van der Waals surface area contributed by atoms with Gasteiger partial charge in [0.2, 0.25) is 0 Å². The van der Waals surface area contributed by atoms with Crippen molar-refractivity contribution in [1.82, 2.24) is 9.97 Å². The number of aryl methyl sites for hydroxylation is 2. The van der Waals surface area contributed by atoms with Gasteiger partial charge in [-0.25, -0.2) is 9.97 Å². The lowest BCUT2D eigenvalue weighted by Gasteiger charge is -2.11. The molecule has 0 atom stereocenters. The van der Waals surface area contributed by atoms with Crippen molar-refractivity contribution in [1.29, 1.82) is 0 Å². The molecule has 5 nitrogen and oxygen atoms in total. The molecular weight excluding hydrogens is 370 g/mol. The molecule has 130 valence electrons. The molecule has 0 saturated carbocycles. The molecule has 0 bridgehead atoms. The van der Waals surface area contributed by atoms with Crippen LogP contribution in [0.1, 0.15) is 19.6 Å². The number of hydrogen-bond donors (Lipinski definition) is 0. The van der Waals surface area contributed by atoms with Crippen molar-refractivity contribution in [2.45, 2.75) is 13.7 Å². The summed E-state index contributed by atoms with van der Waals surface area (Å²) in [5.74, 6) is 0.865. The molecule has 2 radical (unpaired) electrons. The molecular formula is C20H16Al2N2O3. The molecule has 0 unspecified atom stereocenters. The van der Waals surface area contributed by atoms with Gasteiger partial charge in [0.05, 0.1) is 0 Å². The average molecular weight is 392 g/mol. The van der Waals surface area contributed by atoms with Crippen molar-refractivity contribution in [2.24, 2.45) is 0 Å². The van der Waals surface area contributed by atoms with Crippen LogP contribution in [0.25, 0.3) is 21.8 Å². The third-order valence-electron chi connectivity index (χ3n) is 3.83. The number of pyridine rings is 2. The van der Waals surface area contributed by atoms with Crippen molar-refractivity contribution in [2.75, 3.05) is 0 Å². The van der Waals surface area contributed by atoms with E-state index in [1.54, 1.807) is 36.4 Å². The summed E-state index contributed by atoms with van der Waals surface area (Å²) in [6, 6.07) is 17.0. The normalized spacial score (nSPS) is 15.0. The van der Waals surface area contributed by atoms with E-state index < -0.39 is 45.5 Å². The fraction of sp³-hybridized carbons (Fsp3) is 0.100. The molecule has 0 aliphatic rings. The highest BCUT2D eigenvalue weighted by Gasteiger charge is 2.12. The van der Waals surface area contributed by atoms with E-state index in [-0.39, 0.29) is 11.4 Å². The van der Waals surface area contributed by atoms with Crippen molar-refractivity contribution in [3.05, 3.63) is 72.1 Å². The van der Waals surface area contributed by atoms with Crippen molar-refractivity contribution >= 4 is 53.6 Å². The van der Waals surface area contributed by atoms with E-state index in [1.807, 2.05) is 12.1 Å². The summed E-state index contributed by atoms with van der Waals surface area (Å²) < 4.78 is 62.4. The lowest BCUT2D eigenvalue weighted by molar-refractivity contribution is 0.420. The highest BCUT2D eigenvalue weighted by molar-refractivity contribution is 6.35. The van der Waals surface area contributed by atoms with Crippen molar-refractivity contribution in [3.8, 4) is 11.5 Å². The van der Waals surface area contributed by atoms with Crippen LogP contribution in [0, 0.1) is 13.7 Å². The molecule has 2 heterocycles. The molecule has 2 aromatic carbocycles. The summed E-state index contributed by atoms with van der Waals surface area (Å²) in [5, 5.41) is 1.52. The molecule has 7 heteroatoms. The van der Waals surface area contributed by atoms with Gasteiger partial charge in [0.25, 0.3) is 0 Å². The molecule has 4 rings (SSSR count). The Morgan fingerprint density at radius 2 is 1.22 bits per heavy atom. The fourth-order valence-corrected chi connectivity index (χ4v) is 3.83. The summed E-state index contributed by atoms with van der Waals surface area (Å²) in [7, 11) is 0. The second kappa shape index (κ2) is 8.27. The number of fused-ring (bicyclic) bond motifs is 2. The van der Waals surface area contributed by atoms with Crippen LogP contribution in [-0.2, 0) is 2.84 Å². The molecule has 0 aliphatic carbocycles. The standard InChI is InChI=1S/2C10H9NO.2Al.O/c2*1-7-5-6-8-3-2-4-9(12)10(8)11-7;;;/h2*2-6,12H,1H3;;;/q;;2*+1;/p-2/i2*1D3;;;. The van der Waals surface area contributed by atoms with Crippen molar-refractivity contribution in [3.63, 3.8) is 0 Å². The molecule has 0 amide bonds. The Labute approximate surface area is 179 Å². The Balaban J connectivity index is 1.42. The van der Waals surface area contributed by atoms with Gasteiger partial charge in [-0.1, -0.05) is 36.4 Å². The van der Waals surface area contributed by atoms with Crippen LogP contribution in [0.2, 0.25) is 0 Å². The van der Waals surface area contributed by atoms with Gasteiger partial charge >= 0.3 is 31.8 Å². The first-order chi connectivity index (χ1) is 15.6. The predicted molar refractivity (Wildman–Crippen MR) is 107 cm³/mol. The zero-order valence-electron chi connectivity index (χ0n) is 20.0. The molecule has 0 fully saturated rings. The van der Waals surface area contributed by atoms with Gasteiger partial charge in [0.1, 0.15) is 22.5 Å². The summed E-state index contributed by atoms with van der Waals surface area (Å²) in [6.45, 7) is -4.62. The average Bonchev–Trinajstić information content (AvgIpc) is 2.77. The van der Waals surface area contributed by atoms with Gasteiger partial charge in [0, 0.05) is 30.4 Å². The largest absolute Gasteiger partial charge is 0.743 e. The van der Waals surface area contributed by atoms with Crippen LogP contribution in [-0.4, -0.2) is 41.7 Å². The van der Waals surface area contributed by atoms with Gasteiger partial charge in [-0.15, -0.1) is 0 Å². The Bertz CT molecular complexity index is 1200. The number of hydrogen-bond acceptors (Lipinski definition) is 5. The van der Waals surface area contributed by atoms with Crippen LogP contribution in [0.5, 0.6) is 11.5 Å². The molecule has 4 aromatic rings. The minimum Gasteiger partial charge on any atom is -0.626 e. The Morgan fingerprint density at radius 3 is 1.70 bits per heavy atom. The second-order valence-corrected chi connectivity index (χ2v) is 7.56. The molecule has 0 saturated heterocycles. The lowest BCUT2D eigenvalue weighted by Crippen LogP contribution is -2.16. The van der Waals surface area contributed by atoms with E-state index in [0.717, 1.165) is 10.8 Å². The van der Waals surface area contributed by atoms with Gasteiger partial charge in [0.15, 0.2) is 0 Å². The van der Waals surface area contributed by atoms with E-state index in [4.69, 9.17) is 18.6 Å². The van der Waals surface area contributed by atoms with Gasteiger partial charge < -0.3 is 10.4 Å². The minimum absolute atomic E-state index is 0.00388. The number of para-hydroxylation sites is 2. The van der Waals surface area contributed by atoms with Crippen molar-refractivity contribution < 1.29 is 18.6 Å². The van der Waals surface area contributed by atoms with Crippen LogP contribution < -0.4 is 7.58 Å². The summed E-state index contributed by atoms with van der Waals surface area (Å²) in [6.07, 6.45) is 0. The summed E-state index contributed by atoms with van der Waals surface area (Å²) >= 11 is -1.90. The maximum Gasteiger partial charge on any atom is 0.743 e. The molecule has 0 N–H and O–H groups in total. The Kier molecular flexibility index (Phi) is 3.79. The zero-order chi connectivity index (χ0) is 23.6. The molecule has 2 aromatic heterocycles. The smallest absolute Gasteiger partial charge is 0.626 e. The summed E-state index contributed by atoms with van der Waals surface area (Å²) in [5.41, 5.74) is 0.897. The van der Waals surface area contributed by atoms with E-state index in [1.165, 1.54) is 12.1 Å². The third-order valence-corrected chi connectivity index (χ3v) is 5.42. The number of rotatable bonds is 6. The molecule has 0 aliphatic heterocycles. The van der Waals surface area contributed by atoms with E-state index >= 15 is 0 Å². The fourth-order valence-electron chi connectivity index (χ4n) is 2.61. The first-order valence-corrected chi connectivity index (χ1v) is 9.94. The van der Waals surface area contributed by atoms with E-state index in [2.05, 4.69) is 9.97 Å². The third kappa shape index (κ3) is 4.25. The minimum atomic E-state index is -2.31. The van der Waals surface area contributed by atoms with E-state index in [9.17, 15) is 0 Å². The van der Waals surface area contributed by atoms with Gasteiger partial charge in [-0.2, -0.15) is 0 Å².